The summed E-state index contributed by atoms with van der Waals surface area (Å²) in [5, 5.41) is 8.57. The molecule has 0 aliphatic carbocycles. The summed E-state index contributed by atoms with van der Waals surface area (Å²) in [6.07, 6.45) is 2.53. The fourth-order valence-electron chi connectivity index (χ4n) is 1.38. The number of rotatable bonds is 9. The molecule has 110 valence electrons. The highest BCUT2D eigenvalue weighted by molar-refractivity contribution is 5.85. The summed E-state index contributed by atoms with van der Waals surface area (Å²) in [7, 11) is 3.11. The Bertz CT molecular complexity index is 455. The van der Waals surface area contributed by atoms with E-state index in [4.69, 9.17) is 24.1 Å². The van der Waals surface area contributed by atoms with E-state index in [-0.39, 0.29) is 6.79 Å². The third-order valence-electron chi connectivity index (χ3n) is 2.34. The Morgan fingerprint density at radius 3 is 2.70 bits per heavy atom. The minimum atomic E-state index is -1.00. The first-order chi connectivity index (χ1) is 9.67. The molecule has 1 rings (SSSR count). The molecule has 0 saturated heterocycles. The van der Waals surface area contributed by atoms with Crippen molar-refractivity contribution in [2.75, 3.05) is 34.2 Å². The Morgan fingerprint density at radius 2 is 2.05 bits per heavy atom. The van der Waals surface area contributed by atoms with Gasteiger partial charge in [-0.15, -0.1) is 0 Å². The van der Waals surface area contributed by atoms with Crippen molar-refractivity contribution in [2.45, 2.75) is 0 Å². The van der Waals surface area contributed by atoms with Crippen LogP contribution in [0.15, 0.2) is 24.3 Å². The Hall–Kier alpha value is -2.05. The zero-order valence-electron chi connectivity index (χ0n) is 11.5. The largest absolute Gasteiger partial charge is 0.493 e. The maximum Gasteiger partial charge on any atom is 0.328 e. The summed E-state index contributed by atoms with van der Waals surface area (Å²) < 4.78 is 20.6. The van der Waals surface area contributed by atoms with Gasteiger partial charge >= 0.3 is 5.97 Å². The molecule has 1 aromatic rings. The van der Waals surface area contributed by atoms with Crippen LogP contribution in [0.2, 0.25) is 0 Å². The molecule has 6 heteroatoms. The third-order valence-corrected chi connectivity index (χ3v) is 2.34. The van der Waals surface area contributed by atoms with E-state index in [1.54, 1.807) is 25.3 Å². The van der Waals surface area contributed by atoms with Crippen molar-refractivity contribution in [1.29, 1.82) is 0 Å². The fourth-order valence-corrected chi connectivity index (χ4v) is 1.38. The highest BCUT2D eigenvalue weighted by Gasteiger charge is 2.05. The molecule has 0 saturated carbocycles. The normalized spacial score (nSPS) is 10.7. The fraction of sp³-hybridized carbons (Fsp3) is 0.357. The van der Waals surface area contributed by atoms with Gasteiger partial charge in [0.15, 0.2) is 18.3 Å². The maximum absolute atomic E-state index is 10.5. The van der Waals surface area contributed by atoms with Gasteiger partial charge in [0.1, 0.15) is 0 Å². The zero-order chi connectivity index (χ0) is 14.8. The summed E-state index contributed by atoms with van der Waals surface area (Å²) in [4.78, 5) is 10.5. The highest BCUT2D eigenvalue weighted by Crippen LogP contribution is 2.28. The van der Waals surface area contributed by atoms with Crippen LogP contribution in [0.25, 0.3) is 6.08 Å². The Labute approximate surface area is 117 Å². The van der Waals surface area contributed by atoms with Crippen LogP contribution in [0, 0.1) is 0 Å². The number of hydrogen-bond acceptors (Lipinski definition) is 5. The van der Waals surface area contributed by atoms with Crippen LogP contribution in [-0.2, 0) is 14.3 Å². The van der Waals surface area contributed by atoms with Gasteiger partial charge in [-0.05, 0) is 23.8 Å². The number of benzene rings is 1. The molecule has 0 aliphatic heterocycles. The van der Waals surface area contributed by atoms with Crippen molar-refractivity contribution in [3.05, 3.63) is 29.8 Å². The summed E-state index contributed by atoms with van der Waals surface area (Å²) >= 11 is 0. The van der Waals surface area contributed by atoms with Crippen molar-refractivity contribution >= 4 is 12.0 Å². The lowest BCUT2D eigenvalue weighted by molar-refractivity contribution is -0.131. The maximum atomic E-state index is 10.5. The van der Waals surface area contributed by atoms with Crippen molar-refractivity contribution in [2.24, 2.45) is 0 Å². The standard InChI is InChI=1S/C14H18O6/c1-17-7-8-19-10-20-12-5-3-11(4-6-14(15)16)9-13(12)18-2/h3-6,9H,7-8,10H2,1-2H3,(H,15,16)/b6-4+. The number of hydrogen-bond donors (Lipinski definition) is 1. The number of ether oxygens (including phenoxy) is 4. The Kier molecular flexibility index (Phi) is 7.16. The SMILES string of the molecule is COCCOCOc1ccc(/C=C/C(=O)O)cc1OC. The predicted octanol–water partition coefficient (Wildman–Crippen LogP) is 1.79. The van der Waals surface area contributed by atoms with Crippen LogP contribution in [0.4, 0.5) is 0 Å². The van der Waals surface area contributed by atoms with Crippen molar-refractivity contribution in [3.8, 4) is 11.5 Å². The predicted molar refractivity (Wildman–Crippen MR) is 73.0 cm³/mol. The van der Waals surface area contributed by atoms with Gasteiger partial charge in [-0.2, -0.15) is 0 Å². The first-order valence-electron chi connectivity index (χ1n) is 5.96. The molecule has 0 spiro atoms. The van der Waals surface area contributed by atoms with Crippen LogP contribution in [0.3, 0.4) is 0 Å². The lowest BCUT2D eigenvalue weighted by Crippen LogP contribution is -2.08. The summed E-state index contributed by atoms with van der Waals surface area (Å²) in [5.41, 5.74) is 0.705. The minimum absolute atomic E-state index is 0.0873. The quantitative estimate of drug-likeness (QED) is 0.423. The smallest absolute Gasteiger partial charge is 0.328 e. The molecule has 0 amide bonds. The molecule has 0 unspecified atom stereocenters. The van der Waals surface area contributed by atoms with Crippen LogP contribution >= 0.6 is 0 Å². The van der Waals surface area contributed by atoms with Crippen LogP contribution < -0.4 is 9.47 Å². The molecule has 0 radical (unpaired) electrons. The second-order valence-corrected chi connectivity index (χ2v) is 3.75. The van der Waals surface area contributed by atoms with Crippen LogP contribution in [0.1, 0.15) is 5.56 Å². The molecule has 20 heavy (non-hydrogen) atoms. The molecule has 0 aromatic heterocycles. The van der Waals surface area contributed by atoms with Crippen molar-refractivity contribution in [1.82, 2.24) is 0 Å². The molecule has 0 fully saturated rings. The average molecular weight is 282 g/mol. The third kappa shape index (κ3) is 5.73. The monoisotopic (exact) mass is 282 g/mol. The molecular weight excluding hydrogens is 264 g/mol. The average Bonchev–Trinajstić information content (AvgIpc) is 2.45. The van der Waals surface area contributed by atoms with Gasteiger partial charge in [0.05, 0.1) is 20.3 Å². The van der Waals surface area contributed by atoms with Gasteiger partial charge in [-0.3, -0.25) is 0 Å². The molecule has 0 atom stereocenters. The van der Waals surface area contributed by atoms with Crippen molar-refractivity contribution in [3.63, 3.8) is 0 Å². The second kappa shape index (κ2) is 8.95. The van der Waals surface area contributed by atoms with E-state index in [0.29, 0.717) is 30.3 Å². The summed E-state index contributed by atoms with van der Waals surface area (Å²) in [6, 6.07) is 5.11. The lowest BCUT2D eigenvalue weighted by Gasteiger charge is -2.11. The Morgan fingerprint density at radius 1 is 1.25 bits per heavy atom. The topological polar surface area (TPSA) is 74.2 Å². The van der Waals surface area contributed by atoms with Gasteiger partial charge in [0.25, 0.3) is 0 Å². The van der Waals surface area contributed by atoms with E-state index in [2.05, 4.69) is 0 Å². The molecule has 0 bridgehead atoms. The minimum Gasteiger partial charge on any atom is -0.493 e. The van der Waals surface area contributed by atoms with E-state index in [9.17, 15) is 4.79 Å². The molecule has 0 aliphatic rings. The van der Waals surface area contributed by atoms with E-state index in [0.717, 1.165) is 6.08 Å². The number of aliphatic carboxylic acids is 1. The van der Waals surface area contributed by atoms with Gasteiger partial charge < -0.3 is 24.1 Å². The van der Waals surface area contributed by atoms with Crippen LogP contribution in [-0.4, -0.2) is 45.3 Å². The number of carboxylic acid groups (broad SMARTS) is 1. The van der Waals surface area contributed by atoms with E-state index < -0.39 is 5.97 Å². The highest BCUT2D eigenvalue weighted by atomic mass is 16.7. The first-order valence-corrected chi connectivity index (χ1v) is 5.96. The van der Waals surface area contributed by atoms with E-state index in [1.807, 2.05) is 0 Å². The Balaban J connectivity index is 2.61. The molecular formula is C14H18O6. The van der Waals surface area contributed by atoms with Crippen LogP contribution in [0.5, 0.6) is 11.5 Å². The van der Waals surface area contributed by atoms with Gasteiger partial charge in [-0.25, -0.2) is 4.79 Å². The lowest BCUT2D eigenvalue weighted by atomic mass is 10.2. The number of methoxy groups -OCH3 is 2. The van der Waals surface area contributed by atoms with E-state index >= 15 is 0 Å². The van der Waals surface area contributed by atoms with Crippen molar-refractivity contribution < 1.29 is 28.8 Å². The molecule has 6 nitrogen and oxygen atoms in total. The second-order valence-electron chi connectivity index (χ2n) is 3.75. The van der Waals surface area contributed by atoms with E-state index in [1.165, 1.54) is 13.2 Å². The molecule has 1 N–H and O–H groups in total. The number of carboxylic acids is 1. The molecule has 1 aromatic carbocycles. The number of carbonyl (C=O) groups is 1. The first kappa shape index (κ1) is 16.0. The van der Waals surface area contributed by atoms with Gasteiger partial charge in [0.2, 0.25) is 0 Å². The summed E-state index contributed by atoms with van der Waals surface area (Å²) in [6.45, 7) is 1.03. The summed E-state index contributed by atoms with van der Waals surface area (Å²) in [5.74, 6) is 0.0288. The van der Waals surface area contributed by atoms with Gasteiger partial charge in [0, 0.05) is 13.2 Å². The zero-order valence-corrected chi connectivity index (χ0v) is 11.5. The van der Waals surface area contributed by atoms with Gasteiger partial charge in [-0.1, -0.05) is 6.07 Å². The molecule has 0 heterocycles.